The Bertz CT molecular complexity index is 394. The van der Waals surface area contributed by atoms with Crippen molar-refractivity contribution in [3.05, 3.63) is 33.9 Å². The first-order valence-electron chi connectivity index (χ1n) is 3.58. The van der Waals surface area contributed by atoms with E-state index in [4.69, 9.17) is 11.8 Å². The maximum absolute atomic E-state index is 12.2. The van der Waals surface area contributed by atoms with Crippen LogP contribution < -0.4 is 4.84 Å². The van der Waals surface area contributed by atoms with Crippen molar-refractivity contribution in [2.75, 3.05) is 4.84 Å². The molecule has 15 heavy (non-hydrogen) atoms. The molecule has 0 aliphatic carbocycles. The molecular weight excluding hydrogens is 237 g/mol. The van der Waals surface area contributed by atoms with Gasteiger partial charge in [0.2, 0.25) is 0 Å². The molecule has 0 aliphatic heterocycles. The molecule has 1 N–H and O–H groups in total. The van der Waals surface area contributed by atoms with Crippen molar-refractivity contribution >= 4 is 23.2 Å². The Hall–Kier alpha value is -1.50. The molecule has 0 heterocycles. The zero-order valence-corrected chi connectivity index (χ0v) is 7.76. The van der Waals surface area contributed by atoms with Gasteiger partial charge in [-0.3, -0.25) is 15.0 Å². The first-order chi connectivity index (χ1) is 6.86. The van der Waals surface area contributed by atoms with Crippen LogP contribution in [0, 0.1) is 10.1 Å². The smallest absolute Gasteiger partial charge is 0.292 e. The highest BCUT2D eigenvalue weighted by molar-refractivity contribution is 6.24. The summed E-state index contributed by atoms with van der Waals surface area (Å²) < 4.78 is 36.6. The highest BCUT2D eigenvalue weighted by Gasteiger charge is 2.32. The first kappa shape index (κ1) is 11.6. The van der Waals surface area contributed by atoms with Crippen molar-refractivity contribution in [1.29, 1.82) is 0 Å². The average molecular weight is 241 g/mol. The van der Waals surface area contributed by atoms with Crippen molar-refractivity contribution in [3.8, 4) is 0 Å². The van der Waals surface area contributed by atoms with Crippen LogP contribution in [0.25, 0.3) is 0 Å². The second kappa shape index (κ2) is 3.93. The third-order valence-electron chi connectivity index (χ3n) is 1.62. The number of nitrogens with one attached hydrogen (secondary N) is 1. The van der Waals surface area contributed by atoms with Gasteiger partial charge in [0.1, 0.15) is 5.69 Å². The summed E-state index contributed by atoms with van der Waals surface area (Å²) in [6, 6.07) is 1.94. The maximum atomic E-state index is 12.2. The van der Waals surface area contributed by atoms with E-state index in [9.17, 15) is 23.3 Å². The van der Waals surface area contributed by atoms with E-state index in [0.29, 0.717) is 12.1 Å². The molecule has 0 unspecified atom stereocenters. The number of nitro benzene ring substituents is 1. The Morgan fingerprint density at radius 3 is 2.40 bits per heavy atom. The van der Waals surface area contributed by atoms with Crippen molar-refractivity contribution in [2.45, 2.75) is 6.18 Å². The number of nitrogens with zero attached hydrogens (tertiary/aromatic N) is 1. The number of alkyl halides is 3. The normalized spacial score (nSPS) is 11.2. The molecule has 0 saturated heterocycles. The molecule has 1 rings (SSSR count). The number of hydrogen-bond acceptors (Lipinski definition) is 3. The topological polar surface area (TPSA) is 55.2 Å². The third-order valence-corrected chi connectivity index (χ3v) is 1.83. The van der Waals surface area contributed by atoms with Crippen molar-refractivity contribution in [1.82, 2.24) is 0 Å². The van der Waals surface area contributed by atoms with E-state index in [1.165, 1.54) is 0 Å². The lowest BCUT2D eigenvalue weighted by Gasteiger charge is -2.07. The van der Waals surface area contributed by atoms with E-state index >= 15 is 0 Å². The summed E-state index contributed by atoms with van der Waals surface area (Å²) in [5.41, 5.74) is -1.91. The van der Waals surface area contributed by atoms with E-state index in [-0.39, 0.29) is 0 Å². The minimum absolute atomic E-state index is 0.392. The summed E-state index contributed by atoms with van der Waals surface area (Å²) >= 11 is 5.08. The Morgan fingerprint density at radius 1 is 1.40 bits per heavy atom. The molecule has 8 heteroatoms. The molecule has 0 bridgehead atoms. The molecule has 0 aromatic heterocycles. The number of anilines is 1. The molecule has 0 radical (unpaired) electrons. The number of halogens is 4. The summed E-state index contributed by atoms with van der Waals surface area (Å²) in [5.74, 6) is 0. The van der Waals surface area contributed by atoms with Gasteiger partial charge in [-0.1, -0.05) is 0 Å². The van der Waals surface area contributed by atoms with Gasteiger partial charge in [0.05, 0.1) is 10.5 Å². The molecule has 0 atom stereocenters. The minimum atomic E-state index is -4.56. The van der Waals surface area contributed by atoms with Gasteiger partial charge >= 0.3 is 6.18 Å². The van der Waals surface area contributed by atoms with E-state index in [1.807, 2.05) is 4.84 Å². The summed E-state index contributed by atoms with van der Waals surface area (Å²) in [4.78, 5) is 11.4. The van der Waals surface area contributed by atoms with E-state index in [0.717, 1.165) is 6.07 Å². The molecule has 4 nitrogen and oxygen atoms in total. The Labute approximate surface area is 86.9 Å². The van der Waals surface area contributed by atoms with Crippen molar-refractivity contribution in [3.63, 3.8) is 0 Å². The average Bonchev–Trinajstić information content (AvgIpc) is 2.15. The Balaban J connectivity index is 3.25. The summed E-state index contributed by atoms with van der Waals surface area (Å²) in [6.07, 6.45) is -4.56. The monoisotopic (exact) mass is 240 g/mol. The van der Waals surface area contributed by atoms with Gasteiger partial charge in [-0.2, -0.15) is 13.2 Å². The SMILES string of the molecule is O=[N+]([O-])c1ccc(C(F)(F)F)cc1NCl. The van der Waals surface area contributed by atoms with Gasteiger partial charge in [-0.05, 0) is 12.1 Å². The van der Waals surface area contributed by atoms with Crippen LogP contribution in [-0.2, 0) is 6.18 Å². The van der Waals surface area contributed by atoms with Gasteiger partial charge < -0.3 is 0 Å². The molecule has 1 aromatic rings. The highest BCUT2D eigenvalue weighted by atomic mass is 35.5. The molecule has 0 aliphatic rings. The first-order valence-corrected chi connectivity index (χ1v) is 3.96. The van der Waals surface area contributed by atoms with Gasteiger partial charge in [-0.15, -0.1) is 0 Å². The lowest BCUT2D eigenvalue weighted by molar-refractivity contribution is -0.383. The van der Waals surface area contributed by atoms with Gasteiger partial charge in [-0.25, -0.2) is 0 Å². The van der Waals surface area contributed by atoms with Crippen LogP contribution >= 0.6 is 11.8 Å². The lowest BCUT2D eigenvalue weighted by atomic mass is 10.1. The molecule has 1 aromatic carbocycles. The van der Waals surface area contributed by atoms with Crippen LogP contribution in [-0.4, -0.2) is 4.92 Å². The Morgan fingerprint density at radius 2 is 2.00 bits per heavy atom. The van der Waals surface area contributed by atoms with Gasteiger partial charge in [0, 0.05) is 17.8 Å². The predicted molar refractivity (Wildman–Crippen MR) is 47.6 cm³/mol. The van der Waals surface area contributed by atoms with Gasteiger partial charge in [0.25, 0.3) is 5.69 Å². The van der Waals surface area contributed by atoms with Crippen LogP contribution in [0.15, 0.2) is 18.2 Å². The standard InChI is InChI=1S/C7H4ClF3N2O2/c8-12-5-3-4(7(9,10)11)1-2-6(5)13(14)15/h1-3,12H. The fraction of sp³-hybridized carbons (Fsp3) is 0.143. The predicted octanol–water partition coefficient (Wildman–Crippen LogP) is 3.18. The van der Waals surface area contributed by atoms with E-state index in [1.54, 1.807) is 0 Å². The van der Waals surface area contributed by atoms with Crippen LogP contribution in [0.3, 0.4) is 0 Å². The van der Waals surface area contributed by atoms with E-state index in [2.05, 4.69) is 0 Å². The lowest BCUT2D eigenvalue weighted by Crippen LogP contribution is -2.05. The van der Waals surface area contributed by atoms with E-state index < -0.39 is 28.0 Å². The fourth-order valence-corrected chi connectivity index (χ4v) is 1.10. The largest absolute Gasteiger partial charge is 0.416 e. The molecule has 0 fully saturated rings. The molecular formula is C7H4ClF3N2O2. The number of nitro groups is 1. The zero-order valence-electron chi connectivity index (χ0n) is 7.01. The molecule has 0 amide bonds. The molecule has 0 saturated carbocycles. The quantitative estimate of drug-likeness (QED) is 0.491. The van der Waals surface area contributed by atoms with Crippen molar-refractivity contribution in [2.24, 2.45) is 0 Å². The summed E-state index contributed by atoms with van der Waals surface area (Å²) in [5, 5.41) is 10.4. The number of benzene rings is 1. The number of hydrogen-bond donors (Lipinski definition) is 1. The van der Waals surface area contributed by atoms with Crippen LogP contribution in [0.5, 0.6) is 0 Å². The second-order valence-corrected chi connectivity index (χ2v) is 2.77. The molecule has 82 valence electrons. The minimum Gasteiger partial charge on any atom is -0.292 e. The van der Waals surface area contributed by atoms with Crippen LogP contribution in [0.2, 0.25) is 0 Å². The van der Waals surface area contributed by atoms with Crippen LogP contribution in [0.4, 0.5) is 24.5 Å². The summed E-state index contributed by atoms with van der Waals surface area (Å²) in [6.45, 7) is 0. The molecule has 0 spiro atoms. The number of rotatable bonds is 2. The zero-order chi connectivity index (χ0) is 11.6. The Kier molecular flexibility index (Phi) is 3.04. The second-order valence-electron chi connectivity index (χ2n) is 2.58. The van der Waals surface area contributed by atoms with Crippen LogP contribution in [0.1, 0.15) is 5.56 Å². The van der Waals surface area contributed by atoms with Gasteiger partial charge in [0.15, 0.2) is 0 Å². The maximum Gasteiger partial charge on any atom is 0.416 e. The highest BCUT2D eigenvalue weighted by Crippen LogP contribution is 2.34. The summed E-state index contributed by atoms with van der Waals surface area (Å²) in [7, 11) is 0. The third kappa shape index (κ3) is 2.50. The van der Waals surface area contributed by atoms with Crippen molar-refractivity contribution < 1.29 is 18.1 Å². The fourth-order valence-electron chi connectivity index (χ4n) is 0.947.